The largest absolute Gasteiger partial charge is 0.357 e. The Balaban J connectivity index is 0.00000400. The summed E-state index contributed by atoms with van der Waals surface area (Å²) < 4.78 is 5.07. The second-order valence-electron chi connectivity index (χ2n) is 4.57. The molecule has 0 bridgehead atoms. The van der Waals surface area contributed by atoms with Crippen LogP contribution in [0.5, 0.6) is 0 Å². The van der Waals surface area contributed by atoms with Crippen LogP contribution in [0.1, 0.15) is 31.5 Å². The van der Waals surface area contributed by atoms with Crippen molar-refractivity contribution < 1.29 is 4.52 Å². The first-order valence-electron chi connectivity index (χ1n) is 7.07. The van der Waals surface area contributed by atoms with Gasteiger partial charge in [0, 0.05) is 26.6 Å². The predicted molar refractivity (Wildman–Crippen MR) is 96.2 cm³/mol. The van der Waals surface area contributed by atoms with Crippen LogP contribution in [0.2, 0.25) is 0 Å². The zero-order valence-electron chi connectivity index (χ0n) is 13.1. The Kier molecular flexibility index (Phi) is 10.9. The number of hydrogen-bond donors (Lipinski definition) is 1. The van der Waals surface area contributed by atoms with Crippen molar-refractivity contribution in [3.63, 3.8) is 0 Å². The van der Waals surface area contributed by atoms with Gasteiger partial charge in [-0.1, -0.05) is 11.2 Å². The first-order chi connectivity index (χ1) is 9.67. The van der Waals surface area contributed by atoms with Crippen molar-refractivity contribution in [2.24, 2.45) is 4.99 Å². The van der Waals surface area contributed by atoms with E-state index in [-0.39, 0.29) is 24.0 Å². The zero-order chi connectivity index (χ0) is 14.8. The Hall–Kier alpha value is -1.12. The Morgan fingerprint density at radius 1 is 1.52 bits per heavy atom. The van der Waals surface area contributed by atoms with Crippen molar-refractivity contribution in [1.82, 2.24) is 20.4 Å². The van der Waals surface area contributed by atoms with Gasteiger partial charge in [-0.25, -0.2) is 0 Å². The number of halogens is 1. The molecule has 0 atom stereocenters. The van der Waals surface area contributed by atoms with E-state index in [0.29, 0.717) is 24.7 Å². The van der Waals surface area contributed by atoms with Crippen molar-refractivity contribution in [2.45, 2.75) is 33.1 Å². The summed E-state index contributed by atoms with van der Waals surface area (Å²) in [6.45, 7) is 10.1. The molecule has 21 heavy (non-hydrogen) atoms. The highest BCUT2D eigenvalue weighted by Crippen LogP contribution is 1.98. The first-order valence-corrected chi connectivity index (χ1v) is 7.07. The third kappa shape index (κ3) is 8.03. The highest BCUT2D eigenvalue weighted by atomic mass is 127. The van der Waals surface area contributed by atoms with Crippen LogP contribution in [0, 0.1) is 6.92 Å². The molecule has 120 valence electrons. The summed E-state index contributed by atoms with van der Waals surface area (Å²) in [7, 11) is 2.04. The third-order valence-corrected chi connectivity index (χ3v) is 2.76. The second kappa shape index (κ2) is 11.5. The second-order valence-corrected chi connectivity index (χ2v) is 4.57. The number of aryl methyl sites for hydroxylation is 1. The number of aromatic nitrogens is 2. The van der Waals surface area contributed by atoms with Gasteiger partial charge in [0.1, 0.15) is 0 Å². The highest BCUT2D eigenvalue weighted by molar-refractivity contribution is 14.0. The van der Waals surface area contributed by atoms with E-state index in [1.165, 1.54) is 0 Å². The van der Waals surface area contributed by atoms with E-state index in [0.717, 1.165) is 31.9 Å². The van der Waals surface area contributed by atoms with E-state index in [1.54, 1.807) is 0 Å². The molecule has 1 rings (SSSR count). The summed E-state index contributed by atoms with van der Waals surface area (Å²) in [5.41, 5.74) is 0. The SMILES string of the molecule is C=CCCCN(C)C(=NCCc1nc(C)no1)NCC.I. The molecule has 6 nitrogen and oxygen atoms in total. The number of aliphatic imine (C=N–C) groups is 1. The first kappa shape index (κ1) is 19.9. The minimum Gasteiger partial charge on any atom is -0.357 e. The molecule has 0 fully saturated rings. The highest BCUT2D eigenvalue weighted by Gasteiger charge is 2.06. The van der Waals surface area contributed by atoms with E-state index >= 15 is 0 Å². The molecule has 0 spiro atoms. The average molecular weight is 407 g/mol. The number of guanidine groups is 1. The summed E-state index contributed by atoms with van der Waals surface area (Å²) in [5, 5.41) is 7.05. The number of allylic oxidation sites excluding steroid dienone is 1. The minimum atomic E-state index is 0. The molecule has 1 aromatic heterocycles. The van der Waals surface area contributed by atoms with Gasteiger partial charge in [-0.15, -0.1) is 30.6 Å². The maximum Gasteiger partial charge on any atom is 0.228 e. The van der Waals surface area contributed by atoms with Gasteiger partial charge < -0.3 is 14.7 Å². The lowest BCUT2D eigenvalue weighted by molar-refractivity contribution is 0.375. The molecule has 7 heteroatoms. The lowest BCUT2D eigenvalue weighted by Gasteiger charge is -2.21. The molecule has 0 aliphatic heterocycles. The minimum absolute atomic E-state index is 0. The molecule has 1 N–H and O–H groups in total. The quantitative estimate of drug-likeness (QED) is 0.236. The molecule has 0 aliphatic carbocycles. The fraction of sp³-hybridized carbons (Fsp3) is 0.643. The summed E-state index contributed by atoms with van der Waals surface area (Å²) in [5.74, 6) is 2.21. The fourth-order valence-corrected chi connectivity index (χ4v) is 1.75. The molecule has 0 amide bonds. The predicted octanol–water partition coefficient (Wildman–Crippen LogP) is 2.40. The van der Waals surface area contributed by atoms with Gasteiger partial charge in [-0.05, 0) is 26.7 Å². The standard InChI is InChI=1S/C14H25N5O.HI/c1-5-7-8-11-19(4)14(15-6-2)16-10-9-13-17-12(3)18-20-13;/h5H,1,6-11H2,2-4H3,(H,15,16);1H. The van der Waals surface area contributed by atoms with Crippen molar-refractivity contribution in [2.75, 3.05) is 26.7 Å². The molecule has 0 saturated carbocycles. The van der Waals surface area contributed by atoms with Gasteiger partial charge in [0.15, 0.2) is 11.8 Å². The smallest absolute Gasteiger partial charge is 0.228 e. The van der Waals surface area contributed by atoms with Gasteiger partial charge in [-0.3, -0.25) is 4.99 Å². The zero-order valence-corrected chi connectivity index (χ0v) is 15.5. The molecule has 0 aliphatic rings. The number of hydrogen-bond acceptors (Lipinski definition) is 4. The van der Waals surface area contributed by atoms with E-state index in [2.05, 4.69) is 38.9 Å². The average Bonchev–Trinajstić information content (AvgIpc) is 2.83. The van der Waals surface area contributed by atoms with Crippen LogP contribution in [-0.2, 0) is 6.42 Å². The van der Waals surface area contributed by atoms with Gasteiger partial charge >= 0.3 is 0 Å². The van der Waals surface area contributed by atoms with E-state index in [1.807, 2.05) is 20.0 Å². The Morgan fingerprint density at radius 2 is 2.29 bits per heavy atom. The van der Waals surface area contributed by atoms with Crippen molar-refractivity contribution in [3.05, 3.63) is 24.4 Å². The summed E-state index contributed by atoms with van der Waals surface area (Å²) >= 11 is 0. The van der Waals surface area contributed by atoms with Crippen LogP contribution >= 0.6 is 24.0 Å². The number of unbranched alkanes of at least 4 members (excludes halogenated alkanes) is 1. The molecule has 1 heterocycles. The lowest BCUT2D eigenvalue weighted by atomic mass is 10.3. The van der Waals surface area contributed by atoms with E-state index in [9.17, 15) is 0 Å². The molecule has 0 unspecified atom stereocenters. The summed E-state index contributed by atoms with van der Waals surface area (Å²) in [4.78, 5) is 10.9. The van der Waals surface area contributed by atoms with Crippen LogP contribution in [0.15, 0.2) is 22.2 Å². The molecular weight excluding hydrogens is 381 g/mol. The van der Waals surface area contributed by atoms with Gasteiger partial charge in [0.2, 0.25) is 5.89 Å². The van der Waals surface area contributed by atoms with Gasteiger partial charge in [0.25, 0.3) is 0 Å². The van der Waals surface area contributed by atoms with Crippen LogP contribution < -0.4 is 5.32 Å². The van der Waals surface area contributed by atoms with Crippen molar-refractivity contribution in [1.29, 1.82) is 0 Å². The molecule has 0 radical (unpaired) electrons. The maximum atomic E-state index is 5.07. The number of rotatable bonds is 8. The Labute approximate surface area is 144 Å². The summed E-state index contributed by atoms with van der Waals surface area (Å²) in [6, 6.07) is 0. The topological polar surface area (TPSA) is 66.5 Å². The van der Waals surface area contributed by atoms with E-state index < -0.39 is 0 Å². The third-order valence-electron chi connectivity index (χ3n) is 2.76. The molecule has 0 saturated heterocycles. The Morgan fingerprint density at radius 3 is 2.86 bits per heavy atom. The van der Waals surface area contributed by atoms with Crippen LogP contribution in [-0.4, -0.2) is 47.7 Å². The maximum absolute atomic E-state index is 5.07. The van der Waals surface area contributed by atoms with Gasteiger partial charge in [0.05, 0.1) is 6.54 Å². The normalized spacial score (nSPS) is 10.9. The van der Waals surface area contributed by atoms with Gasteiger partial charge in [-0.2, -0.15) is 4.98 Å². The van der Waals surface area contributed by atoms with Crippen LogP contribution in [0.25, 0.3) is 0 Å². The monoisotopic (exact) mass is 407 g/mol. The van der Waals surface area contributed by atoms with Crippen LogP contribution in [0.4, 0.5) is 0 Å². The van der Waals surface area contributed by atoms with Crippen molar-refractivity contribution in [3.8, 4) is 0 Å². The lowest BCUT2D eigenvalue weighted by Crippen LogP contribution is -2.39. The van der Waals surface area contributed by atoms with Crippen LogP contribution in [0.3, 0.4) is 0 Å². The molecule has 1 aromatic rings. The number of nitrogens with one attached hydrogen (secondary N) is 1. The van der Waals surface area contributed by atoms with Crippen molar-refractivity contribution >= 4 is 29.9 Å². The fourth-order valence-electron chi connectivity index (χ4n) is 1.75. The molecular formula is C14H26IN5O. The summed E-state index contributed by atoms with van der Waals surface area (Å²) in [6.07, 6.45) is 4.70. The van der Waals surface area contributed by atoms with E-state index in [4.69, 9.17) is 4.52 Å². The Bertz CT molecular complexity index is 433. The molecule has 0 aromatic carbocycles. The number of nitrogens with zero attached hydrogens (tertiary/aromatic N) is 4.